The van der Waals surface area contributed by atoms with Crippen molar-refractivity contribution in [2.24, 2.45) is 0 Å². The summed E-state index contributed by atoms with van der Waals surface area (Å²) in [5.74, 6) is 0. The summed E-state index contributed by atoms with van der Waals surface area (Å²) in [5.41, 5.74) is 1.00. The lowest BCUT2D eigenvalue weighted by Gasteiger charge is -2.43. The predicted octanol–water partition coefficient (Wildman–Crippen LogP) is 6.02. The van der Waals surface area contributed by atoms with Gasteiger partial charge in [-0.15, -0.1) is 7.92 Å². The van der Waals surface area contributed by atoms with Gasteiger partial charge in [0.05, 0.1) is 24.2 Å². The molecule has 0 aromatic carbocycles. The van der Waals surface area contributed by atoms with Crippen LogP contribution in [0, 0.1) is 0 Å². The van der Waals surface area contributed by atoms with Gasteiger partial charge in [0.1, 0.15) is 0 Å². The number of hydrogen-bond acceptors (Lipinski definition) is 0. The molecule has 0 spiro atoms. The number of rotatable bonds is 5. The highest BCUT2D eigenvalue weighted by Crippen LogP contribution is 2.85. The maximum absolute atomic E-state index is 2.68. The summed E-state index contributed by atoms with van der Waals surface area (Å²) >= 11 is 0. The van der Waals surface area contributed by atoms with E-state index in [9.17, 15) is 0 Å². The third-order valence-electron chi connectivity index (χ3n) is 5.19. The van der Waals surface area contributed by atoms with Crippen LogP contribution in [0.25, 0.3) is 0 Å². The molecule has 3 atom stereocenters. The van der Waals surface area contributed by atoms with Crippen LogP contribution in [-0.4, -0.2) is 39.6 Å². The Morgan fingerprint density at radius 3 is 1.42 bits per heavy atom. The second kappa shape index (κ2) is 5.07. The van der Waals surface area contributed by atoms with Crippen molar-refractivity contribution in [3.8, 4) is 0 Å². The SMILES string of the molecule is CCC(C)[P@]1C([Si](C)(C)C)C1([Si](C)(C)C)[Si](C)(C)C. The third-order valence-corrected chi connectivity index (χ3v) is 30.0. The molecule has 0 aromatic heterocycles. The van der Waals surface area contributed by atoms with Crippen molar-refractivity contribution < 1.29 is 0 Å². The molecule has 1 aliphatic rings. The Labute approximate surface area is 126 Å². The highest BCUT2D eigenvalue weighted by atomic mass is 31.1. The number of hydrogen-bond donors (Lipinski definition) is 0. The maximum atomic E-state index is 2.68. The van der Waals surface area contributed by atoms with E-state index < -0.39 is 24.2 Å². The van der Waals surface area contributed by atoms with Gasteiger partial charge in [0.2, 0.25) is 0 Å². The summed E-state index contributed by atoms with van der Waals surface area (Å²) in [6.45, 7) is 29.0. The molecule has 0 saturated carbocycles. The van der Waals surface area contributed by atoms with Crippen LogP contribution < -0.4 is 0 Å². The van der Waals surface area contributed by atoms with Crippen molar-refractivity contribution in [1.29, 1.82) is 0 Å². The molecule has 0 radical (unpaired) electrons. The van der Waals surface area contributed by atoms with Gasteiger partial charge in [-0.1, -0.05) is 72.8 Å². The maximum Gasteiger partial charge on any atom is 0.0530 e. The molecular weight excluding hydrogens is 295 g/mol. The fourth-order valence-corrected chi connectivity index (χ4v) is 42.3. The quantitative estimate of drug-likeness (QED) is 0.426. The van der Waals surface area contributed by atoms with Gasteiger partial charge in [-0.2, -0.15) is 0 Å². The van der Waals surface area contributed by atoms with Crippen LogP contribution in [0.2, 0.25) is 58.9 Å². The van der Waals surface area contributed by atoms with Crippen molar-refractivity contribution in [2.75, 3.05) is 0 Å². The Hall–Kier alpha value is 1.08. The Kier molecular flexibility index (Phi) is 4.84. The average Bonchev–Trinajstić information content (AvgIpc) is 2.84. The van der Waals surface area contributed by atoms with E-state index in [1.807, 2.05) is 0 Å². The van der Waals surface area contributed by atoms with Gasteiger partial charge in [-0.05, 0) is 21.8 Å². The van der Waals surface area contributed by atoms with Crippen molar-refractivity contribution in [1.82, 2.24) is 0 Å². The monoisotopic (exact) mass is 332 g/mol. The van der Waals surface area contributed by atoms with E-state index in [-0.39, 0.29) is 0 Å². The fraction of sp³-hybridized carbons (Fsp3) is 1.00. The molecule has 1 aliphatic heterocycles. The van der Waals surface area contributed by atoms with Gasteiger partial charge < -0.3 is 0 Å². The zero-order chi connectivity index (χ0) is 15.4. The van der Waals surface area contributed by atoms with E-state index >= 15 is 0 Å². The Morgan fingerprint density at radius 2 is 1.26 bits per heavy atom. The summed E-state index contributed by atoms with van der Waals surface area (Å²) < 4.78 is 0.870. The van der Waals surface area contributed by atoms with Crippen LogP contribution in [0.5, 0.6) is 0 Å². The Morgan fingerprint density at radius 1 is 0.895 bits per heavy atom. The van der Waals surface area contributed by atoms with Crippen molar-refractivity contribution in [3.05, 3.63) is 0 Å². The molecule has 0 N–H and O–H groups in total. The van der Waals surface area contributed by atoms with Crippen molar-refractivity contribution in [3.63, 3.8) is 0 Å². The highest BCUT2D eigenvalue weighted by Gasteiger charge is 2.77. The van der Waals surface area contributed by atoms with Gasteiger partial charge >= 0.3 is 0 Å². The molecule has 114 valence electrons. The predicted molar refractivity (Wildman–Crippen MR) is 103 cm³/mol. The average molecular weight is 333 g/mol. The smallest absolute Gasteiger partial charge is 0.0530 e. The minimum atomic E-state index is -1.10. The van der Waals surface area contributed by atoms with E-state index in [0.29, 0.717) is 7.92 Å². The van der Waals surface area contributed by atoms with Crippen molar-refractivity contribution in [2.45, 2.75) is 94.5 Å². The van der Waals surface area contributed by atoms with E-state index in [2.05, 4.69) is 72.8 Å². The Balaban J connectivity index is 3.39. The summed E-state index contributed by atoms with van der Waals surface area (Å²) in [4.78, 5) is 0. The van der Waals surface area contributed by atoms with Gasteiger partial charge in [-0.25, -0.2) is 0 Å². The molecule has 0 nitrogen and oxygen atoms in total. The van der Waals surface area contributed by atoms with Crippen LogP contribution >= 0.6 is 7.92 Å². The van der Waals surface area contributed by atoms with Crippen LogP contribution in [0.15, 0.2) is 0 Å². The standard InChI is InChI=1S/C15H37PSi3/c1-12-13(2)16-14(17(3,4)5)15(16,18(6,7)8)19(9,10)11/h13-14H,12H2,1-11H3/t13?,14?,16-/m1/s1. The minimum Gasteiger partial charge on any atom is -0.102 e. The van der Waals surface area contributed by atoms with Gasteiger partial charge in [0.25, 0.3) is 0 Å². The third kappa shape index (κ3) is 2.74. The van der Waals surface area contributed by atoms with E-state index in [1.54, 1.807) is 0 Å². The molecule has 19 heavy (non-hydrogen) atoms. The lowest BCUT2D eigenvalue weighted by atomic mass is 10.4. The molecule has 0 aliphatic carbocycles. The second-order valence-corrected chi connectivity index (χ2v) is 30.3. The first-order valence-electron chi connectivity index (χ1n) is 8.01. The lowest BCUT2D eigenvalue weighted by Crippen LogP contribution is -2.61. The first-order valence-corrected chi connectivity index (χ1v) is 20.1. The van der Waals surface area contributed by atoms with Gasteiger partial charge in [0, 0.05) is 0 Å². The molecule has 4 heteroatoms. The summed E-state index contributed by atoms with van der Waals surface area (Å²) in [6, 6.07) is 0. The first-order chi connectivity index (χ1) is 8.23. The molecule has 0 amide bonds. The molecule has 0 aromatic rings. The van der Waals surface area contributed by atoms with Crippen LogP contribution in [0.4, 0.5) is 0 Å². The molecule has 2 unspecified atom stereocenters. The molecule has 1 fully saturated rings. The second-order valence-electron chi connectivity index (χ2n) is 9.70. The molecule has 0 bridgehead atoms. The van der Waals surface area contributed by atoms with E-state index in [0.717, 1.165) is 10.1 Å². The Bertz CT molecular complexity index is 319. The van der Waals surface area contributed by atoms with Crippen LogP contribution in [0.3, 0.4) is 0 Å². The van der Waals surface area contributed by atoms with Crippen LogP contribution in [-0.2, 0) is 0 Å². The largest absolute Gasteiger partial charge is 0.102 e. The van der Waals surface area contributed by atoms with Gasteiger partial charge in [0.15, 0.2) is 0 Å². The topological polar surface area (TPSA) is 0 Å². The molecule has 1 rings (SSSR count). The zero-order valence-corrected chi connectivity index (χ0v) is 19.2. The minimum absolute atomic E-state index is 0.298. The fourth-order valence-electron chi connectivity index (χ4n) is 4.87. The van der Waals surface area contributed by atoms with Gasteiger partial charge in [-0.3, -0.25) is 0 Å². The zero-order valence-electron chi connectivity index (χ0n) is 15.3. The van der Waals surface area contributed by atoms with E-state index in [4.69, 9.17) is 0 Å². The summed E-state index contributed by atoms with van der Waals surface area (Å²) in [6.07, 6.45) is 1.41. The van der Waals surface area contributed by atoms with Crippen molar-refractivity contribution >= 4 is 32.1 Å². The normalized spacial score (nSPS) is 29.2. The summed E-state index contributed by atoms with van der Waals surface area (Å²) in [7, 11) is -2.92. The first kappa shape index (κ1) is 18.1. The lowest BCUT2D eigenvalue weighted by molar-refractivity contribution is 0.898. The van der Waals surface area contributed by atoms with E-state index in [1.165, 1.54) is 11.7 Å². The summed E-state index contributed by atoms with van der Waals surface area (Å²) in [5, 5.41) is 1.17. The molecule has 1 saturated heterocycles. The van der Waals surface area contributed by atoms with Crippen LogP contribution in [0.1, 0.15) is 20.3 Å². The molecular formula is C15H37PSi3. The highest BCUT2D eigenvalue weighted by molar-refractivity contribution is 7.80. The molecule has 1 heterocycles.